The van der Waals surface area contributed by atoms with Crippen molar-refractivity contribution >= 4 is 16.7 Å². The molecule has 4 heteroatoms. The first-order chi connectivity index (χ1) is 7.69. The van der Waals surface area contributed by atoms with Crippen LogP contribution < -0.4 is 0 Å². The van der Waals surface area contributed by atoms with Gasteiger partial charge in [0.2, 0.25) is 0 Å². The van der Waals surface area contributed by atoms with Crippen molar-refractivity contribution in [1.29, 1.82) is 0 Å². The molecule has 1 fully saturated rings. The van der Waals surface area contributed by atoms with E-state index in [-0.39, 0.29) is 0 Å². The first-order valence-electron chi connectivity index (χ1n) is 6.81. The molecule has 0 aromatic heterocycles. The summed E-state index contributed by atoms with van der Waals surface area (Å²) in [6, 6.07) is 0. The summed E-state index contributed by atoms with van der Waals surface area (Å²) in [6.07, 6.45) is 2.82. The van der Waals surface area contributed by atoms with Crippen LogP contribution in [0, 0.1) is 0 Å². The summed E-state index contributed by atoms with van der Waals surface area (Å²) < 4.78 is 5.62. The molecule has 0 unspecified atom stereocenters. The number of unbranched alkanes of at least 4 members (excludes halogenated alkanes) is 1. The van der Waals surface area contributed by atoms with Crippen LogP contribution in [0.25, 0.3) is 0 Å². The van der Waals surface area contributed by atoms with E-state index in [9.17, 15) is 0 Å². The molecule has 1 aliphatic rings. The summed E-state index contributed by atoms with van der Waals surface area (Å²) in [4.78, 5) is 3.83. The van der Waals surface area contributed by atoms with Gasteiger partial charge in [0.15, 0.2) is 0 Å². The number of hydrogen-bond donors (Lipinski definition) is 0. The summed E-state index contributed by atoms with van der Waals surface area (Å²) in [7, 11) is 4.35. The molecular formula is C12H28GaN3. The normalized spacial score (nSPS) is 18.9. The molecule has 0 amide bonds. The molecule has 0 aromatic rings. The average Bonchev–Trinajstić information content (AvgIpc) is 2.66. The molecule has 94 valence electrons. The van der Waals surface area contributed by atoms with E-state index in [1.807, 2.05) is 0 Å². The molecule has 0 aliphatic carbocycles. The second-order valence-electron chi connectivity index (χ2n) is 5.04. The van der Waals surface area contributed by atoms with Crippen molar-refractivity contribution in [1.82, 2.24) is 12.1 Å². The Morgan fingerprint density at radius 1 is 1.00 bits per heavy atom. The third-order valence-electron chi connectivity index (χ3n) is 3.65. The van der Waals surface area contributed by atoms with Gasteiger partial charge in [0, 0.05) is 0 Å². The van der Waals surface area contributed by atoms with Gasteiger partial charge >= 0.3 is 107 Å². The van der Waals surface area contributed by atoms with Crippen molar-refractivity contribution < 1.29 is 0 Å². The Hall–Kier alpha value is 0.516. The zero-order valence-electron chi connectivity index (χ0n) is 11.6. The van der Waals surface area contributed by atoms with Gasteiger partial charge in [0.1, 0.15) is 0 Å². The quantitative estimate of drug-likeness (QED) is 0.518. The molecule has 0 atom stereocenters. The molecule has 0 radical (unpaired) electrons. The van der Waals surface area contributed by atoms with E-state index in [0.29, 0.717) is 0 Å². The minimum absolute atomic E-state index is 1.23. The number of hydrogen-bond acceptors (Lipinski definition) is 3. The molecule has 1 aliphatic heterocycles. The van der Waals surface area contributed by atoms with Gasteiger partial charge in [-0.05, 0) is 0 Å². The predicted octanol–water partition coefficient (Wildman–Crippen LogP) is 1.47. The summed E-state index contributed by atoms with van der Waals surface area (Å²) >= 11 is -1.23. The average molecular weight is 284 g/mol. The van der Waals surface area contributed by atoms with Gasteiger partial charge in [-0.25, -0.2) is 0 Å². The standard InChI is InChI=1S/C6H14N2.C6H14N.Ga/c1-3-7-5-6-8-4-2;1-4-5-6-7(2)3;/h3-6H2,1-2H3;1,4-6H2,2-3H3;/q-2;;+2. The van der Waals surface area contributed by atoms with Crippen molar-refractivity contribution in [3.05, 3.63) is 0 Å². The maximum absolute atomic E-state index is 2.81. The summed E-state index contributed by atoms with van der Waals surface area (Å²) in [5.74, 6) is 0. The Bertz CT molecular complexity index is 175. The molecule has 1 heterocycles. The fourth-order valence-corrected chi connectivity index (χ4v) is 10.0. The molecular weight excluding hydrogens is 256 g/mol. The van der Waals surface area contributed by atoms with Crippen LogP contribution in [0.3, 0.4) is 0 Å². The Morgan fingerprint density at radius 2 is 1.56 bits per heavy atom. The SMILES string of the molecule is CC[N]1CC[N](CC)[Ga]1[CH2]CCCN(C)C. The maximum atomic E-state index is 2.81. The van der Waals surface area contributed by atoms with Crippen LogP contribution in [0.5, 0.6) is 0 Å². The van der Waals surface area contributed by atoms with Gasteiger partial charge in [-0.15, -0.1) is 0 Å². The second-order valence-corrected chi connectivity index (χ2v) is 11.3. The van der Waals surface area contributed by atoms with E-state index >= 15 is 0 Å². The summed E-state index contributed by atoms with van der Waals surface area (Å²) in [5.41, 5.74) is 0. The van der Waals surface area contributed by atoms with Crippen LogP contribution in [0.4, 0.5) is 0 Å². The fourth-order valence-electron chi connectivity index (χ4n) is 2.64. The number of likely N-dealkylation sites (N-methyl/N-ethyl adjacent to an activating group) is 2. The Labute approximate surface area is 107 Å². The van der Waals surface area contributed by atoms with Gasteiger partial charge < -0.3 is 0 Å². The number of nitrogens with zero attached hydrogens (tertiary/aromatic N) is 3. The van der Waals surface area contributed by atoms with E-state index in [4.69, 9.17) is 0 Å². The van der Waals surface area contributed by atoms with Crippen molar-refractivity contribution in [2.75, 3.05) is 46.8 Å². The van der Waals surface area contributed by atoms with Crippen LogP contribution in [0.15, 0.2) is 0 Å². The van der Waals surface area contributed by atoms with E-state index in [2.05, 4.69) is 40.1 Å². The molecule has 3 nitrogen and oxygen atoms in total. The molecule has 1 rings (SSSR count). The van der Waals surface area contributed by atoms with E-state index in [0.717, 1.165) is 0 Å². The van der Waals surface area contributed by atoms with Gasteiger partial charge in [-0.2, -0.15) is 0 Å². The zero-order valence-corrected chi connectivity index (χ0v) is 14.0. The Kier molecular flexibility index (Phi) is 7.08. The van der Waals surface area contributed by atoms with Crippen LogP contribution in [0.1, 0.15) is 26.7 Å². The predicted molar refractivity (Wildman–Crippen MR) is 72.8 cm³/mol. The monoisotopic (exact) mass is 283 g/mol. The van der Waals surface area contributed by atoms with Crippen LogP contribution >= 0.6 is 0 Å². The fraction of sp³-hybridized carbons (Fsp3) is 1.00. The van der Waals surface area contributed by atoms with Crippen LogP contribution in [-0.4, -0.2) is 75.6 Å². The van der Waals surface area contributed by atoms with Crippen molar-refractivity contribution in [2.45, 2.75) is 31.7 Å². The molecule has 0 saturated carbocycles. The van der Waals surface area contributed by atoms with E-state index in [1.165, 1.54) is 50.5 Å². The molecule has 1 saturated heterocycles. The Morgan fingerprint density at radius 3 is 2.00 bits per heavy atom. The van der Waals surface area contributed by atoms with Gasteiger partial charge in [0.05, 0.1) is 0 Å². The molecule has 0 spiro atoms. The van der Waals surface area contributed by atoms with Crippen molar-refractivity contribution in [2.24, 2.45) is 0 Å². The van der Waals surface area contributed by atoms with Crippen molar-refractivity contribution in [3.8, 4) is 0 Å². The van der Waals surface area contributed by atoms with E-state index < -0.39 is 16.7 Å². The third kappa shape index (κ3) is 4.41. The Balaban J connectivity index is 2.26. The zero-order chi connectivity index (χ0) is 12.0. The van der Waals surface area contributed by atoms with Crippen LogP contribution in [-0.2, 0) is 0 Å². The third-order valence-corrected chi connectivity index (χ3v) is 11.7. The number of rotatable bonds is 7. The molecule has 0 N–H and O–H groups in total. The first kappa shape index (κ1) is 14.6. The molecule has 0 aromatic carbocycles. The van der Waals surface area contributed by atoms with Gasteiger partial charge in [-0.3, -0.25) is 0 Å². The molecule has 0 bridgehead atoms. The van der Waals surface area contributed by atoms with Gasteiger partial charge in [-0.1, -0.05) is 0 Å². The van der Waals surface area contributed by atoms with Gasteiger partial charge in [0.25, 0.3) is 0 Å². The van der Waals surface area contributed by atoms with E-state index in [1.54, 1.807) is 0 Å². The summed E-state index contributed by atoms with van der Waals surface area (Å²) in [5, 5.41) is 0. The van der Waals surface area contributed by atoms with Crippen LogP contribution in [0.2, 0.25) is 4.98 Å². The topological polar surface area (TPSA) is 9.72 Å². The molecule has 16 heavy (non-hydrogen) atoms. The summed E-state index contributed by atoms with van der Waals surface area (Å²) in [6.45, 7) is 11.2. The first-order valence-corrected chi connectivity index (χ1v) is 10.7. The van der Waals surface area contributed by atoms with Crippen molar-refractivity contribution in [3.63, 3.8) is 0 Å². The minimum atomic E-state index is -1.23. The second kappa shape index (κ2) is 7.77.